The van der Waals surface area contributed by atoms with Crippen molar-refractivity contribution in [1.82, 2.24) is 10.2 Å². The van der Waals surface area contributed by atoms with Crippen LogP contribution in [0.2, 0.25) is 0 Å². The van der Waals surface area contributed by atoms with Gasteiger partial charge in [0.25, 0.3) is 0 Å². The van der Waals surface area contributed by atoms with Crippen molar-refractivity contribution >= 4 is 5.78 Å². The van der Waals surface area contributed by atoms with Gasteiger partial charge in [0.1, 0.15) is 5.75 Å². The molecule has 1 atom stereocenters. The SMILES string of the molecule is CCOc1ccc(C(C)=O)cc1CN1CCC(C2CCCN2)CC1. The van der Waals surface area contributed by atoms with Gasteiger partial charge in [-0.3, -0.25) is 9.69 Å². The third-order valence-electron chi connectivity index (χ3n) is 5.46. The number of ether oxygens (including phenoxy) is 1. The average Bonchev–Trinajstić information content (AvgIpc) is 3.11. The lowest BCUT2D eigenvalue weighted by molar-refractivity contribution is 0.101. The molecule has 3 rings (SSSR count). The highest BCUT2D eigenvalue weighted by Gasteiger charge is 2.28. The van der Waals surface area contributed by atoms with E-state index >= 15 is 0 Å². The molecule has 132 valence electrons. The number of carbonyl (C=O) groups excluding carboxylic acids is 1. The summed E-state index contributed by atoms with van der Waals surface area (Å²) in [6, 6.07) is 6.57. The first kappa shape index (κ1) is 17.4. The molecular formula is C20H30N2O2. The molecule has 2 saturated heterocycles. The molecule has 0 bridgehead atoms. The van der Waals surface area contributed by atoms with E-state index < -0.39 is 0 Å². The Morgan fingerprint density at radius 3 is 2.71 bits per heavy atom. The number of hydrogen-bond donors (Lipinski definition) is 1. The van der Waals surface area contributed by atoms with Gasteiger partial charge in [-0.2, -0.15) is 0 Å². The standard InChI is InChI=1S/C20H30N2O2/c1-3-24-20-7-6-17(15(2)23)13-18(20)14-22-11-8-16(9-12-22)19-5-4-10-21-19/h6-7,13,16,19,21H,3-5,8-12,14H2,1-2H3. The number of rotatable bonds is 6. The molecule has 1 aromatic rings. The molecule has 2 aliphatic rings. The lowest BCUT2D eigenvalue weighted by Crippen LogP contribution is -2.40. The molecule has 0 radical (unpaired) electrons. The van der Waals surface area contributed by atoms with Gasteiger partial charge < -0.3 is 10.1 Å². The summed E-state index contributed by atoms with van der Waals surface area (Å²) >= 11 is 0. The van der Waals surface area contributed by atoms with Crippen LogP contribution in [-0.2, 0) is 6.54 Å². The van der Waals surface area contributed by atoms with Crippen LogP contribution in [0.1, 0.15) is 55.5 Å². The quantitative estimate of drug-likeness (QED) is 0.813. The number of benzene rings is 1. The summed E-state index contributed by atoms with van der Waals surface area (Å²) < 4.78 is 5.77. The van der Waals surface area contributed by atoms with Crippen LogP contribution in [0.15, 0.2) is 18.2 Å². The number of nitrogens with zero attached hydrogens (tertiary/aromatic N) is 1. The first-order chi connectivity index (χ1) is 11.7. The smallest absolute Gasteiger partial charge is 0.159 e. The fraction of sp³-hybridized carbons (Fsp3) is 0.650. The summed E-state index contributed by atoms with van der Waals surface area (Å²) in [5.74, 6) is 1.87. The van der Waals surface area contributed by atoms with Gasteiger partial charge in [-0.15, -0.1) is 0 Å². The van der Waals surface area contributed by atoms with E-state index in [2.05, 4.69) is 10.2 Å². The van der Waals surface area contributed by atoms with E-state index in [4.69, 9.17) is 4.74 Å². The minimum atomic E-state index is 0.116. The predicted octanol–water partition coefficient (Wildman–Crippen LogP) is 3.25. The van der Waals surface area contributed by atoms with Gasteiger partial charge in [-0.1, -0.05) is 0 Å². The molecule has 0 spiro atoms. The number of Topliss-reactive ketones (excluding diaryl/α,β-unsaturated/α-hetero) is 1. The Morgan fingerprint density at radius 2 is 2.08 bits per heavy atom. The molecular weight excluding hydrogens is 300 g/mol. The Kier molecular flexibility index (Phi) is 5.90. The number of nitrogens with one attached hydrogen (secondary N) is 1. The molecule has 4 heteroatoms. The van der Waals surface area contributed by atoms with Gasteiger partial charge in [0, 0.05) is 23.7 Å². The van der Waals surface area contributed by atoms with E-state index in [1.54, 1.807) is 6.92 Å². The molecule has 2 aliphatic heterocycles. The van der Waals surface area contributed by atoms with Gasteiger partial charge in [0.05, 0.1) is 6.61 Å². The maximum absolute atomic E-state index is 11.7. The first-order valence-electron chi connectivity index (χ1n) is 9.39. The number of piperidine rings is 1. The molecule has 1 aromatic carbocycles. The fourth-order valence-corrected chi connectivity index (χ4v) is 4.09. The zero-order chi connectivity index (χ0) is 16.9. The van der Waals surface area contributed by atoms with Crippen LogP contribution in [0, 0.1) is 5.92 Å². The molecule has 0 saturated carbocycles. The Labute approximate surface area is 145 Å². The summed E-state index contributed by atoms with van der Waals surface area (Å²) in [6.45, 7) is 8.63. The Bertz CT molecular complexity index is 559. The second kappa shape index (κ2) is 8.13. The van der Waals surface area contributed by atoms with Crippen molar-refractivity contribution in [1.29, 1.82) is 0 Å². The summed E-state index contributed by atoms with van der Waals surface area (Å²) in [7, 11) is 0. The number of ketones is 1. The van der Waals surface area contributed by atoms with Gasteiger partial charge in [0.15, 0.2) is 5.78 Å². The third-order valence-corrected chi connectivity index (χ3v) is 5.46. The lowest BCUT2D eigenvalue weighted by Gasteiger charge is -2.35. The lowest BCUT2D eigenvalue weighted by atomic mass is 9.88. The molecule has 4 nitrogen and oxygen atoms in total. The van der Waals surface area contributed by atoms with E-state index in [1.807, 2.05) is 25.1 Å². The molecule has 24 heavy (non-hydrogen) atoms. The van der Waals surface area contributed by atoms with Gasteiger partial charge in [-0.25, -0.2) is 0 Å². The molecule has 0 aromatic heterocycles. The minimum absolute atomic E-state index is 0.116. The Hall–Kier alpha value is -1.39. The van der Waals surface area contributed by atoms with Crippen LogP contribution < -0.4 is 10.1 Å². The van der Waals surface area contributed by atoms with Crippen LogP contribution in [0.4, 0.5) is 0 Å². The molecule has 1 unspecified atom stereocenters. The first-order valence-corrected chi connectivity index (χ1v) is 9.39. The van der Waals surface area contributed by atoms with Crippen molar-refractivity contribution < 1.29 is 9.53 Å². The van der Waals surface area contributed by atoms with E-state index in [-0.39, 0.29) is 5.78 Å². The number of carbonyl (C=O) groups is 1. The van der Waals surface area contributed by atoms with Crippen molar-refractivity contribution in [3.8, 4) is 5.75 Å². The molecule has 0 amide bonds. The van der Waals surface area contributed by atoms with Gasteiger partial charge in [-0.05, 0) is 83.3 Å². The van der Waals surface area contributed by atoms with Gasteiger partial charge in [0.2, 0.25) is 0 Å². The van der Waals surface area contributed by atoms with Crippen molar-refractivity contribution in [2.45, 2.75) is 52.1 Å². The maximum Gasteiger partial charge on any atom is 0.159 e. The Balaban J connectivity index is 1.62. The topological polar surface area (TPSA) is 41.6 Å². The van der Waals surface area contributed by atoms with E-state index in [9.17, 15) is 4.79 Å². The molecule has 0 aliphatic carbocycles. The molecule has 1 N–H and O–H groups in total. The van der Waals surface area contributed by atoms with Crippen molar-refractivity contribution in [3.63, 3.8) is 0 Å². The zero-order valence-electron chi connectivity index (χ0n) is 15.0. The van der Waals surface area contributed by atoms with Gasteiger partial charge >= 0.3 is 0 Å². The predicted molar refractivity (Wildman–Crippen MR) is 96.6 cm³/mol. The van der Waals surface area contributed by atoms with Crippen LogP contribution >= 0.6 is 0 Å². The number of likely N-dealkylation sites (tertiary alicyclic amines) is 1. The largest absolute Gasteiger partial charge is 0.494 e. The average molecular weight is 330 g/mol. The minimum Gasteiger partial charge on any atom is -0.494 e. The summed E-state index contributed by atoms with van der Waals surface area (Å²) in [5.41, 5.74) is 1.92. The Morgan fingerprint density at radius 1 is 1.29 bits per heavy atom. The normalized spacial score (nSPS) is 22.7. The van der Waals surface area contributed by atoms with Crippen LogP contribution in [0.3, 0.4) is 0 Å². The van der Waals surface area contributed by atoms with Crippen molar-refractivity contribution in [2.24, 2.45) is 5.92 Å². The molecule has 2 fully saturated rings. The van der Waals surface area contributed by atoms with E-state index in [0.29, 0.717) is 6.61 Å². The van der Waals surface area contributed by atoms with Crippen molar-refractivity contribution in [3.05, 3.63) is 29.3 Å². The highest BCUT2D eigenvalue weighted by molar-refractivity contribution is 5.94. The summed E-state index contributed by atoms with van der Waals surface area (Å²) in [6.07, 6.45) is 5.22. The van der Waals surface area contributed by atoms with Crippen LogP contribution in [0.5, 0.6) is 5.75 Å². The third kappa shape index (κ3) is 4.17. The van der Waals surface area contributed by atoms with E-state index in [1.165, 1.54) is 32.2 Å². The monoisotopic (exact) mass is 330 g/mol. The second-order valence-electron chi connectivity index (χ2n) is 7.13. The zero-order valence-corrected chi connectivity index (χ0v) is 15.0. The van der Waals surface area contributed by atoms with Crippen LogP contribution in [0.25, 0.3) is 0 Å². The maximum atomic E-state index is 11.7. The highest BCUT2D eigenvalue weighted by Crippen LogP contribution is 2.28. The highest BCUT2D eigenvalue weighted by atomic mass is 16.5. The summed E-state index contributed by atoms with van der Waals surface area (Å²) in [4.78, 5) is 14.2. The van der Waals surface area contributed by atoms with Crippen molar-refractivity contribution in [2.75, 3.05) is 26.2 Å². The van der Waals surface area contributed by atoms with E-state index in [0.717, 1.165) is 48.5 Å². The summed E-state index contributed by atoms with van der Waals surface area (Å²) in [5, 5.41) is 3.66. The second-order valence-corrected chi connectivity index (χ2v) is 7.13. The van der Waals surface area contributed by atoms with Crippen LogP contribution in [-0.4, -0.2) is 43.0 Å². The fourth-order valence-electron chi connectivity index (χ4n) is 4.09. The molecule has 2 heterocycles. The number of hydrogen-bond acceptors (Lipinski definition) is 4.